The van der Waals surface area contributed by atoms with Gasteiger partial charge in [-0.05, 0) is 30.4 Å². The number of amides is 1. The first-order valence-corrected chi connectivity index (χ1v) is 11.2. The largest absolute Gasteiger partial charge is 0.345 e. The third-order valence-electron chi connectivity index (χ3n) is 5.49. The van der Waals surface area contributed by atoms with Crippen LogP contribution in [-0.4, -0.2) is 43.8 Å². The number of fused-ring (bicyclic) bond motifs is 1. The Labute approximate surface area is 183 Å². The molecule has 1 amide bonds. The number of H-pyrrole nitrogens is 1. The second-order valence-corrected chi connectivity index (χ2v) is 8.44. The Morgan fingerprint density at radius 3 is 3.10 bits per heavy atom. The molecule has 0 unspecified atom stereocenters. The molecule has 2 N–H and O–H groups in total. The number of rotatable bonds is 5. The molecule has 1 fully saturated rings. The Kier molecular flexibility index (Phi) is 5.45. The van der Waals surface area contributed by atoms with Gasteiger partial charge in [0.05, 0.1) is 18.2 Å². The van der Waals surface area contributed by atoms with E-state index >= 15 is 0 Å². The van der Waals surface area contributed by atoms with E-state index in [1.165, 1.54) is 0 Å². The Morgan fingerprint density at radius 1 is 1.32 bits per heavy atom. The molecule has 1 saturated heterocycles. The predicted octanol–water partition coefficient (Wildman–Crippen LogP) is 4.58. The van der Waals surface area contributed by atoms with Crippen molar-refractivity contribution in [1.29, 1.82) is 0 Å². The molecule has 0 radical (unpaired) electrons. The number of hydrogen-bond donors (Lipinski definition) is 2. The fourth-order valence-electron chi connectivity index (χ4n) is 3.95. The molecule has 1 aromatic carbocycles. The normalized spacial score (nSPS) is 16.8. The monoisotopic (exact) mass is 430 g/mol. The van der Waals surface area contributed by atoms with Crippen LogP contribution < -0.4 is 5.32 Å². The number of carbonyl (C=O) groups excluding carboxylic acids is 1. The van der Waals surface area contributed by atoms with Crippen LogP contribution in [0.3, 0.4) is 0 Å². The number of aromatic nitrogens is 4. The lowest BCUT2D eigenvalue weighted by Gasteiger charge is -2.32. The Hall–Kier alpha value is -3.52. The van der Waals surface area contributed by atoms with Crippen LogP contribution in [0.2, 0.25) is 0 Å². The van der Waals surface area contributed by atoms with Gasteiger partial charge >= 0.3 is 0 Å². The maximum atomic E-state index is 12.7. The quantitative estimate of drug-likeness (QED) is 0.453. The zero-order valence-electron chi connectivity index (χ0n) is 16.9. The van der Waals surface area contributed by atoms with Crippen LogP contribution >= 0.6 is 11.3 Å². The molecular formula is C23H22N6OS. The SMILES string of the molecule is O=C(/C=C/c1cnc[nH]1)N1CCC[C@@H](c2cc3ccccc3c(Nc3nccs3)n2)C1. The molecule has 31 heavy (non-hydrogen) atoms. The highest BCUT2D eigenvalue weighted by Crippen LogP contribution is 2.32. The number of carbonyl (C=O) groups is 1. The van der Waals surface area contributed by atoms with Crippen molar-refractivity contribution in [2.45, 2.75) is 18.8 Å². The van der Waals surface area contributed by atoms with Gasteiger partial charge in [0.1, 0.15) is 5.82 Å². The first kappa shape index (κ1) is 19.4. The van der Waals surface area contributed by atoms with Gasteiger partial charge in [-0.15, -0.1) is 11.3 Å². The third kappa shape index (κ3) is 4.34. The second kappa shape index (κ2) is 8.69. The van der Waals surface area contributed by atoms with Crippen molar-refractivity contribution < 1.29 is 4.79 Å². The fourth-order valence-corrected chi connectivity index (χ4v) is 4.48. The maximum absolute atomic E-state index is 12.7. The van der Waals surface area contributed by atoms with Crippen molar-refractivity contribution in [3.63, 3.8) is 0 Å². The minimum atomic E-state index is 0.0150. The number of aromatic amines is 1. The summed E-state index contributed by atoms with van der Waals surface area (Å²) in [5.41, 5.74) is 1.82. The van der Waals surface area contributed by atoms with Crippen LogP contribution in [0.4, 0.5) is 10.9 Å². The van der Waals surface area contributed by atoms with Gasteiger partial charge in [0, 0.05) is 47.7 Å². The molecule has 1 atom stereocenters. The summed E-state index contributed by atoms with van der Waals surface area (Å²) in [4.78, 5) is 30.9. The van der Waals surface area contributed by atoms with E-state index < -0.39 is 0 Å². The lowest BCUT2D eigenvalue weighted by atomic mass is 9.93. The summed E-state index contributed by atoms with van der Waals surface area (Å²) in [6, 6.07) is 10.4. The van der Waals surface area contributed by atoms with Crippen LogP contribution in [-0.2, 0) is 4.79 Å². The highest BCUT2D eigenvalue weighted by atomic mass is 32.1. The summed E-state index contributed by atoms with van der Waals surface area (Å²) >= 11 is 1.55. The van der Waals surface area contributed by atoms with Crippen molar-refractivity contribution >= 4 is 45.0 Å². The summed E-state index contributed by atoms with van der Waals surface area (Å²) in [5, 5.41) is 8.33. The fraction of sp³-hybridized carbons (Fsp3) is 0.217. The molecule has 4 aromatic rings. The molecule has 8 heteroatoms. The van der Waals surface area contributed by atoms with E-state index in [1.807, 2.05) is 22.4 Å². The molecule has 5 rings (SSSR count). The summed E-state index contributed by atoms with van der Waals surface area (Å²) in [6.07, 6.45) is 10.4. The summed E-state index contributed by atoms with van der Waals surface area (Å²) in [7, 11) is 0. The van der Waals surface area contributed by atoms with E-state index in [-0.39, 0.29) is 11.8 Å². The van der Waals surface area contributed by atoms with Crippen molar-refractivity contribution in [3.8, 4) is 0 Å². The van der Waals surface area contributed by atoms with E-state index in [1.54, 1.807) is 42.2 Å². The molecule has 4 heterocycles. The minimum absolute atomic E-state index is 0.0150. The molecule has 1 aliphatic heterocycles. The summed E-state index contributed by atoms with van der Waals surface area (Å²) < 4.78 is 0. The number of nitrogens with one attached hydrogen (secondary N) is 2. The number of imidazole rings is 1. The average Bonchev–Trinajstić information content (AvgIpc) is 3.52. The minimum Gasteiger partial charge on any atom is -0.345 e. The molecule has 0 saturated carbocycles. The zero-order chi connectivity index (χ0) is 21.0. The Bertz CT molecular complexity index is 1200. The number of piperidine rings is 1. The van der Waals surface area contributed by atoms with E-state index in [9.17, 15) is 4.79 Å². The highest BCUT2D eigenvalue weighted by Gasteiger charge is 2.25. The molecule has 0 spiro atoms. The van der Waals surface area contributed by atoms with Gasteiger partial charge in [0.2, 0.25) is 5.91 Å². The number of nitrogens with zero attached hydrogens (tertiary/aromatic N) is 4. The maximum Gasteiger partial charge on any atom is 0.246 e. The molecule has 1 aliphatic rings. The predicted molar refractivity (Wildman–Crippen MR) is 123 cm³/mol. The standard InChI is InChI=1S/C23H22N6OS/c30-21(8-7-18-13-24-15-26-18)29-10-3-5-17(14-29)20-12-16-4-1-2-6-19(16)22(27-20)28-23-25-9-11-31-23/h1-2,4,6-9,11-13,15,17H,3,5,10,14H2,(H,24,26)(H,25,27,28)/b8-7+/t17-/m1/s1. The molecular weight excluding hydrogens is 408 g/mol. The zero-order valence-corrected chi connectivity index (χ0v) is 17.7. The molecule has 156 valence electrons. The van der Waals surface area contributed by atoms with E-state index in [0.29, 0.717) is 6.54 Å². The van der Waals surface area contributed by atoms with E-state index in [0.717, 1.165) is 52.5 Å². The van der Waals surface area contributed by atoms with Crippen LogP contribution in [0.15, 0.2) is 60.5 Å². The number of hydrogen-bond acceptors (Lipinski definition) is 6. The average molecular weight is 431 g/mol. The molecule has 0 bridgehead atoms. The smallest absolute Gasteiger partial charge is 0.246 e. The van der Waals surface area contributed by atoms with Crippen molar-refractivity contribution in [2.24, 2.45) is 0 Å². The van der Waals surface area contributed by atoms with E-state index in [4.69, 9.17) is 4.98 Å². The first-order chi connectivity index (χ1) is 15.3. The van der Waals surface area contributed by atoms with Gasteiger partial charge in [-0.1, -0.05) is 24.3 Å². The molecule has 7 nitrogen and oxygen atoms in total. The van der Waals surface area contributed by atoms with Gasteiger partial charge in [-0.3, -0.25) is 4.79 Å². The molecule has 3 aromatic heterocycles. The number of anilines is 2. The van der Waals surface area contributed by atoms with E-state index in [2.05, 4.69) is 38.5 Å². The topological polar surface area (TPSA) is 86.8 Å². The summed E-state index contributed by atoms with van der Waals surface area (Å²) in [6.45, 7) is 1.43. The van der Waals surface area contributed by atoms with Crippen molar-refractivity contribution in [1.82, 2.24) is 24.8 Å². The highest BCUT2D eigenvalue weighted by molar-refractivity contribution is 7.13. The van der Waals surface area contributed by atoms with Crippen LogP contribution in [0.5, 0.6) is 0 Å². The summed E-state index contributed by atoms with van der Waals surface area (Å²) in [5.74, 6) is 1.02. The van der Waals surface area contributed by atoms with Crippen LogP contribution in [0.25, 0.3) is 16.8 Å². The Morgan fingerprint density at radius 2 is 2.26 bits per heavy atom. The number of thiazole rings is 1. The number of pyridine rings is 1. The van der Waals surface area contributed by atoms with Gasteiger partial charge in [-0.2, -0.15) is 0 Å². The van der Waals surface area contributed by atoms with Crippen molar-refractivity contribution in [2.75, 3.05) is 18.4 Å². The second-order valence-electron chi connectivity index (χ2n) is 7.54. The number of benzene rings is 1. The third-order valence-corrected chi connectivity index (χ3v) is 6.18. The van der Waals surface area contributed by atoms with Crippen molar-refractivity contribution in [3.05, 3.63) is 71.9 Å². The van der Waals surface area contributed by atoms with Gasteiger partial charge in [0.25, 0.3) is 0 Å². The Balaban J connectivity index is 1.40. The first-order valence-electron chi connectivity index (χ1n) is 10.3. The van der Waals surface area contributed by atoms with Crippen LogP contribution in [0, 0.1) is 0 Å². The van der Waals surface area contributed by atoms with Gasteiger partial charge in [0.15, 0.2) is 5.13 Å². The number of likely N-dealkylation sites (tertiary alicyclic amines) is 1. The van der Waals surface area contributed by atoms with Crippen LogP contribution in [0.1, 0.15) is 30.1 Å². The lowest BCUT2D eigenvalue weighted by Crippen LogP contribution is -2.38. The van der Waals surface area contributed by atoms with Gasteiger partial charge in [-0.25, -0.2) is 15.0 Å². The lowest BCUT2D eigenvalue weighted by molar-refractivity contribution is -0.127. The molecule has 0 aliphatic carbocycles. The van der Waals surface area contributed by atoms with Gasteiger partial charge < -0.3 is 15.2 Å².